The fourth-order valence-electron chi connectivity index (χ4n) is 4.61. The minimum absolute atomic E-state index is 0.0435. The maximum Gasteiger partial charge on any atom is 0.278 e. The van der Waals surface area contributed by atoms with Crippen molar-refractivity contribution in [1.82, 2.24) is 29.6 Å². The average molecular weight is 456 g/mol. The average Bonchev–Trinajstić information content (AvgIpc) is 3.62. The van der Waals surface area contributed by atoms with Crippen LogP contribution in [0.2, 0.25) is 0 Å². The largest absolute Gasteiger partial charge is 0.324 e. The van der Waals surface area contributed by atoms with Crippen molar-refractivity contribution in [2.75, 3.05) is 11.9 Å². The molecule has 0 unspecified atom stereocenters. The first-order chi connectivity index (χ1) is 16.4. The molecule has 0 amide bonds. The van der Waals surface area contributed by atoms with E-state index >= 15 is 0 Å². The first-order valence-corrected chi connectivity index (χ1v) is 12.0. The van der Waals surface area contributed by atoms with Crippen LogP contribution in [0.5, 0.6) is 0 Å². The van der Waals surface area contributed by atoms with Gasteiger partial charge in [-0.25, -0.2) is 14.3 Å². The van der Waals surface area contributed by atoms with E-state index in [-0.39, 0.29) is 17.0 Å². The van der Waals surface area contributed by atoms with Crippen LogP contribution in [0, 0.1) is 0 Å². The molecule has 2 N–H and O–H groups in total. The maximum atomic E-state index is 13.3. The molecule has 1 aliphatic carbocycles. The number of aromatic nitrogens is 5. The van der Waals surface area contributed by atoms with E-state index in [1.54, 1.807) is 6.20 Å². The smallest absolute Gasteiger partial charge is 0.278 e. The van der Waals surface area contributed by atoms with Gasteiger partial charge in [0.2, 0.25) is 5.95 Å². The summed E-state index contributed by atoms with van der Waals surface area (Å²) in [4.78, 5) is 27.2. The van der Waals surface area contributed by atoms with E-state index < -0.39 is 0 Å². The topological polar surface area (TPSA) is 89.7 Å². The van der Waals surface area contributed by atoms with Gasteiger partial charge in [0.25, 0.3) is 5.56 Å². The summed E-state index contributed by atoms with van der Waals surface area (Å²) in [5.74, 6) is 0.475. The van der Waals surface area contributed by atoms with Gasteiger partial charge in [0, 0.05) is 35.7 Å². The minimum Gasteiger partial charge on any atom is -0.324 e. The number of nitrogens with zero attached hydrogens (tertiary/aromatic N) is 5. The quantitative estimate of drug-likeness (QED) is 0.484. The maximum absolute atomic E-state index is 13.3. The predicted octanol–water partition coefficient (Wildman–Crippen LogP) is 4.00. The van der Waals surface area contributed by atoms with Crippen LogP contribution in [-0.2, 0) is 18.4 Å². The Morgan fingerprint density at radius 2 is 1.94 bits per heavy atom. The third-order valence-electron chi connectivity index (χ3n) is 6.62. The molecular weight excluding hydrogens is 426 g/mol. The molecule has 2 aliphatic rings. The molecule has 4 heterocycles. The van der Waals surface area contributed by atoms with Crippen molar-refractivity contribution < 1.29 is 0 Å². The molecular formula is C26H29N7O. The lowest BCUT2D eigenvalue weighted by Crippen LogP contribution is -2.23. The Balaban J connectivity index is 1.46. The van der Waals surface area contributed by atoms with E-state index in [4.69, 9.17) is 4.98 Å². The van der Waals surface area contributed by atoms with E-state index in [9.17, 15) is 4.79 Å². The Morgan fingerprint density at radius 1 is 1.09 bits per heavy atom. The third kappa shape index (κ3) is 3.68. The first-order valence-electron chi connectivity index (χ1n) is 12.0. The zero-order valence-corrected chi connectivity index (χ0v) is 19.8. The van der Waals surface area contributed by atoms with E-state index in [2.05, 4.69) is 65.6 Å². The van der Waals surface area contributed by atoms with Gasteiger partial charge < -0.3 is 10.6 Å². The third-order valence-corrected chi connectivity index (χ3v) is 6.62. The number of anilines is 2. The lowest BCUT2D eigenvalue weighted by molar-refractivity contribution is 0.549. The summed E-state index contributed by atoms with van der Waals surface area (Å²) in [6.45, 7) is 8.30. The molecule has 1 saturated carbocycles. The van der Waals surface area contributed by atoms with Crippen LogP contribution in [0.15, 0.2) is 47.5 Å². The fraction of sp³-hybridized carbons (Fsp3) is 0.385. The Hall–Kier alpha value is -3.52. The molecule has 1 aromatic carbocycles. The lowest BCUT2D eigenvalue weighted by atomic mass is 9.91. The summed E-state index contributed by atoms with van der Waals surface area (Å²) in [6.07, 6.45) is 6.49. The van der Waals surface area contributed by atoms with Gasteiger partial charge in [-0.2, -0.15) is 4.98 Å². The molecule has 6 rings (SSSR count). The molecule has 0 saturated heterocycles. The first kappa shape index (κ1) is 21.0. The van der Waals surface area contributed by atoms with Crippen LogP contribution in [0.25, 0.3) is 16.7 Å². The standard InChI is InChI=1S/C26H29N7O/c1-26(2,3)22-13-20(9-11-28-22)32-23-21(24(34)33(32)19-6-7-19)15-29-25(31-23)30-18-5-4-16-8-10-27-14-17(16)12-18/h4-5,9,11-13,15,19,27H,6-8,10,14H2,1-3H3,(H,29,30,31). The van der Waals surface area contributed by atoms with Crippen LogP contribution in [0.3, 0.4) is 0 Å². The molecule has 3 aromatic heterocycles. The summed E-state index contributed by atoms with van der Waals surface area (Å²) in [6, 6.07) is 10.6. The van der Waals surface area contributed by atoms with E-state index in [0.29, 0.717) is 17.0 Å². The molecule has 34 heavy (non-hydrogen) atoms. The van der Waals surface area contributed by atoms with Crippen LogP contribution >= 0.6 is 0 Å². The van der Waals surface area contributed by atoms with Crippen molar-refractivity contribution in [3.63, 3.8) is 0 Å². The van der Waals surface area contributed by atoms with Crippen molar-refractivity contribution in [2.24, 2.45) is 0 Å². The highest BCUT2D eigenvalue weighted by molar-refractivity contribution is 5.77. The Kier molecular flexibility index (Phi) is 4.81. The molecule has 0 atom stereocenters. The summed E-state index contributed by atoms with van der Waals surface area (Å²) >= 11 is 0. The highest BCUT2D eigenvalue weighted by Crippen LogP contribution is 2.36. The van der Waals surface area contributed by atoms with Crippen LogP contribution in [-0.4, -0.2) is 30.9 Å². The molecule has 1 aliphatic heterocycles. The molecule has 8 nitrogen and oxygen atoms in total. The second-order valence-electron chi connectivity index (χ2n) is 10.3. The van der Waals surface area contributed by atoms with Crippen molar-refractivity contribution >= 4 is 22.7 Å². The van der Waals surface area contributed by atoms with Crippen LogP contribution < -0.4 is 16.2 Å². The van der Waals surface area contributed by atoms with E-state index in [0.717, 1.165) is 49.4 Å². The number of benzene rings is 1. The second kappa shape index (κ2) is 7.77. The van der Waals surface area contributed by atoms with Crippen molar-refractivity contribution in [3.05, 3.63) is 69.9 Å². The van der Waals surface area contributed by atoms with Gasteiger partial charge in [-0.3, -0.25) is 9.78 Å². The summed E-state index contributed by atoms with van der Waals surface area (Å²) in [5.41, 5.74) is 5.94. The summed E-state index contributed by atoms with van der Waals surface area (Å²) < 4.78 is 3.80. The number of fused-ring (bicyclic) bond motifs is 2. The van der Waals surface area contributed by atoms with Gasteiger partial charge in [0.1, 0.15) is 5.39 Å². The molecule has 8 heteroatoms. The van der Waals surface area contributed by atoms with Gasteiger partial charge in [-0.1, -0.05) is 26.8 Å². The summed E-state index contributed by atoms with van der Waals surface area (Å²) in [7, 11) is 0. The molecule has 0 bridgehead atoms. The Morgan fingerprint density at radius 3 is 2.74 bits per heavy atom. The van der Waals surface area contributed by atoms with Crippen molar-refractivity contribution in [1.29, 1.82) is 0 Å². The number of rotatable bonds is 4. The van der Waals surface area contributed by atoms with Crippen molar-refractivity contribution in [2.45, 2.75) is 58.0 Å². The van der Waals surface area contributed by atoms with Gasteiger partial charge in [0.15, 0.2) is 5.65 Å². The Labute approximate surface area is 198 Å². The van der Waals surface area contributed by atoms with Gasteiger partial charge in [-0.05, 0) is 61.2 Å². The number of pyridine rings is 1. The molecule has 0 spiro atoms. The monoisotopic (exact) mass is 455 g/mol. The highest BCUT2D eigenvalue weighted by Gasteiger charge is 2.31. The number of nitrogens with one attached hydrogen (secondary N) is 2. The molecule has 4 aromatic rings. The minimum atomic E-state index is -0.104. The SMILES string of the molecule is CC(C)(C)c1cc(-n2c3nc(Nc4ccc5c(c4)CNCC5)ncc3c(=O)n2C2CC2)ccn1. The van der Waals surface area contributed by atoms with Gasteiger partial charge in [-0.15, -0.1) is 0 Å². The zero-order chi connectivity index (χ0) is 23.4. The highest BCUT2D eigenvalue weighted by atomic mass is 16.1. The Bertz CT molecular complexity index is 1460. The lowest BCUT2D eigenvalue weighted by Gasteiger charge is -2.19. The molecule has 174 valence electrons. The van der Waals surface area contributed by atoms with E-state index in [1.165, 1.54) is 11.1 Å². The van der Waals surface area contributed by atoms with Gasteiger partial charge >= 0.3 is 0 Å². The zero-order valence-electron chi connectivity index (χ0n) is 19.8. The van der Waals surface area contributed by atoms with E-state index in [1.807, 2.05) is 21.6 Å². The summed E-state index contributed by atoms with van der Waals surface area (Å²) in [5, 5.41) is 7.29. The van der Waals surface area contributed by atoms with Gasteiger partial charge in [0.05, 0.1) is 11.7 Å². The molecule has 1 fully saturated rings. The number of hydrogen-bond acceptors (Lipinski definition) is 6. The fourth-order valence-corrected chi connectivity index (χ4v) is 4.61. The molecule has 0 radical (unpaired) electrons. The van der Waals surface area contributed by atoms with Crippen LogP contribution in [0.1, 0.15) is 56.5 Å². The second-order valence-corrected chi connectivity index (χ2v) is 10.3. The normalized spacial score (nSPS) is 16.0. The van der Waals surface area contributed by atoms with Crippen molar-refractivity contribution in [3.8, 4) is 5.69 Å². The van der Waals surface area contributed by atoms with Crippen LogP contribution in [0.4, 0.5) is 11.6 Å². The predicted molar refractivity (Wildman–Crippen MR) is 133 cm³/mol. The number of hydrogen-bond donors (Lipinski definition) is 2.